The SMILES string of the molecule is Cc1cc(Nc2cc(Nc3cccc4c3C(=O)N(C)CC4)c(Cl)cn2)n(C)n1. The lowest BCUT2D eigenvalue weighted by atomic mass is 9.97. The number of halogens is 1. The van der Waals surface area contributed by atoms with Gasteiger partial charge < -0.3 is 15.5 Å². The van der Waals surface area contributed by atoms with Crippen LogP contribution in [0.15, 0.2) is 36.5 Å². The van der Waals surface area contributed by atoms with Gasteiger partial charge in [-0.3, -0.25) is 9.48 Å². The molecule has 3 heterocycles. The minimum atomic E-state index is 0.0123. The summed E-state index contributed by atoms with van der Waals surface area (Å²) in [5.74, 6) is 1.47. The minimum Gasteiger partial charge on any atom is -0.353 e. The van der Waals surface area contributed by atoms with Crippen molar-refractivity contribution in [3.63, 3.8) is 0 Å². The van der Waals surface area contributed by atoms with E-state index in [1.807, 2.05) is 51.4 Å². The molecule has 1 amide bonds. The number of aryl methyl sites for hydroxylation is 2. The lowest BCUT2D eigenvalue weighted by molar-refractivity contribution is 0.0782. The Hall–Kier alpha value is -3.06. The van der Waals surface area contributed by atoms with E-state index in [-0.39, 0.29) is 5.91 Å². The van der Waals surface area contributed by atoms with Crippen molar-refractivity contribution in [1.82, 2.24) is 19.7 Å². The predicted octanol–water partition coefficient (Wildman–Crippen LogP) is 3.89. The highest BCUT2D eigenvalue weighted by molar-refractivity contribution is 6.33. The fourth-order valence-electron chi connectivity index (χ4n) is 3.35. The zero-order valence-electron chi connectivity index (χ0n) is 16.0. The number of likely N-dealkylation sites (N-methyl/N-ethyl adjacent to an activating group) is 1. The largest absolute Gasteiger partial charge is 0.353 e. The Morgan fingerprint density at radius 2 is 1.96 bits per heavy atom. The van der Waals surface area contributed by atoms with Crippen molar-refractivity contribution in [2.24, 2.45) is 7.05 Å². The van der Waals surface area contributed by atoms with Crippen LogP contribution in [0.4, 0.5) is 23.0 Å². The molecule has 3 aromatic rings. The summed E-state index contributed by atoms with van der Waals surface area (Å²) in [5.41, 5.74) is 4.07. The lowest BCUT2D eigenvalue weighted by Crippen LogP contribution is -2.34. The number of anilines is 4. The van der Waals surface area contributed by atoms with Gasteiger partial charge in [0.15, 0.2) is 0 Å². The maximum Gasteiger partial charge on any atom is 0.255 e. The van der Waals surface area contributed by atoms with Gasteiger partial charge in [0.25, 0.3) is 5.91 Å². The first-order valence-electron chi connectivity index (χ1n) is 9.00. The van der Waals surface area contributed by atoms with Gasteiger partial charge in [-0.15, -0.1) is 0 Å². The van der Waals surface area contributed by atoms with Crippen LogP contribution in [0.5, 0.6) is 0 Å². The quantitative estimate of drug-likeness (QED) is 0.699. The first kappa shape index (κ1) is 18.3. The molecular formula is C20H21ClN6O. The van der Waals surface area contributed by atoms with Crippen LogP contribution in [0.3, 0.4) is 0 Å². The number of benzene rings is 1. The smallest absolute Gasteiger partial charge is 0.255 e. The van der Waals surface area contributed by atoms with Crippen molar-refractivity contribution in [1.29, 1.82) is 0 Å². The number of carbonyl (C=O) groups is 1. The molecule has 2 aromatic heterocycles. The molecule has 4 rings (SSSR count). The molecule has 0 saturated heterocycles. The van der Waals surface area contributed by atoms with Crippen molar-refractivity contribution in [2.45, 2.75) is 13.3 Å². The van der Waals surface area contributed by atoms with Crippen LogP contribution >= 0.6 is 11.6 Å². The number of pyridine rings is 1. The van der Waals surface area contributed by atoms with Gasteiger partial charge in [0.2, 0.25) is 0 Å². The van der Waals surface area contributed by atoms with Crippen LogP contribution in [-0.4, -0.2) is 39.2 Å². The van der Waals surface area contributed by atoms with E-state index in [9.17, 15) is 4.79 Å². The summed E-state index contributed by atoms with van der Waals surface area (Å²) in [7, 11) is 3.68. The summed E-state index contributed by atoms with van der Waals surface area (Å²) < 4.78 is 1.75. The number of nitrogens with zero attached hydrogens (tertiary/aromatic N) is 4. The molecular weight excluding hydrogens is 376 g/mol. The van der Waals surface area contributed by atoms with Crippen LogP contribution in [-0.2, 0) is 13.5 Å². The zero-order chi connectivity index (χ0) is 19.8. The molecule has 0 aliphatic carbocycles. The Morgan fingerprint density at radius 1 is 1.14 bits per heavy atom. The molecule has 28 heavy (non-hydrogen) atoms. The lowest BCUT2D eigenvalue weighted by Gasteiger charge is -2.27. The number of nitrogens with one attached hydrogen (secondary N) is 2. The molecule has 144 valence electrons. The third-order valence-electron chi connectivity index (χ3n) is 4.81. The molecule has 0 atom stereocenters. The van der Waals surface area contributed by atoms with E-state index >= 15 is 0 Å². The first-order valence-corrected chi connectivity index (χ1v) is 9.38. The molecule has 7 nitrogen and oxygen atoms in total. The van der Waals surface area contributed by atoms with E-state index in [4.69, 9.17) is 11.6 Å². The summed E-state index contributed by atoms with van der Waals surface area (Å²) in [5, 5.41) is 11.3. The molecule has 1 aliphatic heterocycles. The standard InChI is InChI=1S/C20H21ClN6O/c1-12-9-18(27(3)25-12)24-17-10-16(14(21)11-22-17)23-15-6-4-5-13-7-8-26(2)20(28)19(13)15/h4-6,9-11H,7-8H2,1-3H3,(H2,22,23,24). The highest BCUT2D eigenvalue weighted by atomic mass is 35.5. The van der Waals surface area contributed by atoms with Gasteiger partial charge in [0.05, 0.1) is 33.9 Å². The maximum absolute atomic E-state index is 12.7. The van der Waals surface area contributed by atoms with Crippen LogP contribution in [0.2, 0.25) is 5.02 Å². The Balaban J connectivity index is 1.66. The molecule has 8 heteroatoms. The minimum absolute atomic E-state index is 0.0123. The number of hydrogen-bond donors (Lipinski definition) is 2. The fourth-order valence-corrected chi connectivity index (χ4v) is 3.50. The van der Waals surface area contributed by atoms with Crippen LogP contribution in [0.25, 0.3) is 0 Å². The average molecular weight is 397 g/mol. The molecule has 2 N–H and O–H groups in total. The average Bonchev–Trinajstić information content (AvgIpc) is 2.98. The number of rotatable bonds is 4. The van der Waals surface area contributed by atoms with E-state index < -0.39 is 0 Å². The third kappa shape index (κ3) is 3.41. The molecule has 1 aliphatic rings. The summed E-state index contributed by atoms with van der Waals surface area (Å²) in [6.07, 6.45) is 2.42. The van der Waals surface area contributed by atoms with E-state index in [1.54, 1.807) is 15.8 Å². The first-order chi connectivity index (χ1) is 13.4. The maximum atomic E-state index is 12.7. The van der Waals surface area contributed by atoms with Crippen LogP contribution < -0.4 is 10.6 Å². The third-order valence-corrected chi connectivity index (χ3v) is 5.11. The van der Waals surface area contributed by atoms with Gasteiger partial charge in [-0.1, -0.05) is 23.7 Å². The van der Waals surface area contributed by atoms with Crippen LogP contribution in [0.1, 0.15) is 21.6 Å². The summed E-state index contributed by atoms with van der Waals surface area (Å²) in [4.78, 5) is 18.8. The summed E-state index contributed by atoms with van der Waals surface area (Å²) in [6.45, 7) is 2.66. The second-order valence-corrected chi connectivity index (χ2v) is 7.32. The molecule has 0 unspecified atom stereocenters. The van der Waals surface area contributed by atoms with E-state index in [1.165, 1.54) is 0 Å². The number of aromatic nitrogens is 3. The van der Waals surface area contributed by atoms with Gasteiger partial charge in [-0.05, 0) is 25.0 Å². The Morgan fingerprint density at radius 3 is 2.71 bits per heavy atom. The Bertz CT molecular complexity index is 1060. The predicted molar refractivity (Wildman–Crippen MR) is 111 cm³/mol. The van der Waals surface area contributed by atoms with Crippen molar-refractivity contribution in [2.75, 3.05) is 24.2 Å². The van der Waals surface area contributed by atoms with Gasteiger partial charge >= 0.3 is 0 Å². The van der Waals surface area contributed by atoms with Crippen molar-refractivity contribution >= 4 is 40.5 Å². The number of fused-ring (bicyclic) bond motifs is 1. The van der Waals surface area contributed by atoms with Gasteiger partial charge in [-0.2, -0.15) is 5.10 Å². The normalized spacial score (nSPS) is 13.4. The Labute approximate surface area is 168 Å². The van der Waals surface area contributed by atoms with Crippen molar-refractivity contribution < 1.29 is 4.79 Å². The van der Waals surface area contributed by atoms with Crippen molar-refractivity contribution in [3.8, 4) is 0 Å². The summed E-state index contributed by atoms with van der Waals surface area (Å²) >= 11 is 6.37. The van der Waals surface area contributed by atoms with Crippen LogP contribution in [0, 0.1) is 6.92 Å². The van der Waals surface area contributed by atoms with Gasteiger partial charge in [0, 0.05) is 32.8 Å². The molecule has 0 bridgehead atoms. The van der Waals surface area contributed by atoms with Crippen molar-refractivity contribution in [3.05, 3.63) is 58.4 Å². The van der Waals surface area contributed by atoms with E-state index in [0.717, 1.165) is 35.7 Å². The number of hydrogen-bond acceptors (Lipinski definition) is 5. The molecule has 0 fully saturated rings. The van der Waals surface area contributed by atoms with Gasteiger partial charge in [-0.25, -0.2) is 4.98 Å². The zero-order valence-corrected chi connectivity index (χ0v) is 16.7. The second kappa shape index (κ2) is 7.16. The van der Waals surface area contributed by atoms with E-state index in [2.05, 4.69) is 20.7 Å². The van der Waals surface area contributed by atoms with Gasteiger partial charge in [0.1, 0.15) is 11.6 Å². The molecule has 1 aromatic carbocycles. The molecule has 0 saturated carbocycles. The number of carbonyl (C=O) groups excluding carboxylic acids is 1. The monoisotopic (exact) mass is 396 g/mol. The second-order valence-electron chi connectivity index (χ2n) is 6.91. The number of amides is 1. The fraction of sp³-hybridized carbons (Fsp3) is 0.250. The highest BCUT2D eigenvalue weighted by Gasteiger charge is 2.24. The summed E-state index contributed by atoms with van der Waals surface area (Å²) in [6, 6.07) is 9.60. The molecule has 0 spiro atoms. The van der Waals surface area contributed by atoms with E-state index in [0.29, 0.717) is 22.1 Å². The Kier molecular flexibility index (Phi) is 4.68. The topological polar surface area (TPSA) is 75.1 Å². The highest BCUT2D eigenvalue weighted by Crippen LogP contribution is 2.32. The molecule has 0 radical (unpaired) electrons.